The van der Waals surface area contributed by atoms with Crippen LogP contribution in [0.1, 0.15) is 5.56 Å². The lowest BCUT2D eigenvalue weighted by Gasteiger charge is -2.09. The van der Waals surface area contributed by atoms with Crippen molar-refractivity contribution in [2.24, 2.45) is 5.73 Å². The summed E-state index contributed by atoms with van der Waals surface area (Å²) in [6.45, 7) is 0.425. The minimum Gasteiger partial charge on any atom is -0.488 e. The third-order valence-corrected chi connectivity index (χ3v) is 3.96. The van der Waals surface area contributed by atoms with Crippen molar-refractivity contribution in [2.75, 3.05) is 0 Å². The first-order valence-electron chi connectivity index (χ1n) is 8.28. The first-order chi connectivity index (χ1) is 13.2. The van der Waals surface area contributed by atoms with E-state index in [1.54, 1.807) is 30.6 Å². The molecule has 134 valence electrons. The van der Waals surface area contributed by atoms with Gasteiger partial charge in [0, 0.05) is 12.4 Å². The van der Waals surface area contributed by atoms with Crippen LogP contribution in [0.5, 0.6) is 11.5 Å². The average Bonchev–Trinajstić information content (AvgIpc) is 3.12. The second-order valence-electron chi connectivity index (χ2n) is 5.80. The van der Waals surface area contributed by atoms with Crippen LogP contribution < -0.4 is 15.2 Å². The normalized spacial score (nSPS) is 10.7. The molecule has 0 saturated heterocycles. The molecule has 0 bridgehead atoms. The number of nitrogens with zero attached hydrogens (tertiary/aromatic N) is 2. The minimum atomic E-state index is -0.889. The lowest BCUT2D eigenvalue weighted by atomic mass is 10.2. The number of H-pyrrole nitrogens is 1. The number of nitrogens with one attached hydrogen (secondary N) is 1. The Kier molecular flexibility index (Phi) is 4.40. The molecule has 7 nitrogen and oxygen atoms in total. The van der Waals surface area contributed by atoms with Gasteiger partial charge in [0.2, 0.25) is 0 Å². The van der Waals surface area contributed by atoms with Crippen molar-refractivity contribution < 1.29 is 14.3 Å². The second-order valence-corrected chi connectivity index (χ2v) is 5.80. The number of rotatable bonds is 5. The van der Waals surface area contributed by atoms with Crippen LogP contribution in [0, 0.1) is 0 Å². The molecule has 0 spiro atoms. The summed E-state index contributed by atoms with van der Waals surface area (Å²) in [5.74, 6) is 1.49. The van der Waals surface area contributed by atoms with Crippen molar-refractivity contribution in [1.82, 2.24) is 15.0 Å². The summed E-state index contributed by atoms with van der Waals surface area (Å²) in [7, 11) is 0. The maximum Gasteiger partial charge on any atom is 0.410 e. The molecule has 4 rings (SSSR count). The van der Waals surface area contributed by atoms with Gasteiger partial charge >= 0.3 is 6.09 Å². The number of amides is 1. The summed E-state index contributed by atoms with van der Waals surface area (Å²) in [5.41, 5.74) is 8.10. The Morgan fingerprint density at radius 3 is 2.70 bits per heavy atom. The van der Waals surface area contributed by atoms with Crippen LogP contribution in [0.25, 0.3) is 22.4 Å². The number of aromatic amines is 1. The lowest BCUT2D eigenvalue weighted by molar-refractivity contribution is 0.211. The fourth-order valence-electron chi connectivity index (χ4n) is 2.74. The molecule has 0 saturated carbocycles. The summed E-state index contributed by atoms with van der Waals surface area (Å²) in [6, 6.07) is 16.9. The number of benzene rings is 2. The molecule has 2 aromatic heterocycles. The predicted octanol–water partition coefficient (Wildman–Crippen LogP) is 3.66. The molecule has 0 unspecified atom stereocenters. The summed E-state index contributed by atoms with van der Waals surface area (Å²) < 4.78 is 11.0. The van der Waals surface area contributed by atoms with Gasteiger partial charge in [-0.15, -0.1) is 0 Å². The number of pyridine rings is 1. The van der Waals surface area contributed by atoms with E-state index in [0.29, 0.717) is 34.8 Å². The molecule has 4 aromatic rings. The standard InChI is InChI=1S/C20H16N4O3/c21-20(25)27-17-8-4-7-15-18(17)24-19(23-15)14-11-22-10-9-16(14)26-12-13-5-2-1-3-6-13/h1-11H,12H2,(H2,21,25)(H,23,24). The predicted molar refractivity (Wildman–Crippen MR) is 100 cm³/mol. The number of carbonyl (C=O) groups is 1. The van der Waals surface area contributed by atoms with Gasteiger partial charge in [0.05, 0.1) is 11.1 Å². The zero-order valence-corrected chi connectivity index (χ0v) is 14.3. The van der Waals surface area contributed by atoms with Gasteiger partial charge in [-0.05, 0) is 23.8 Å². The first-order valence-corrected chi connectivity index (χ1v) is 8.28. The minimum absolute atomic E-state index is 0.290. The molecule has 2 aromatic carbocycles. The fraction of sp³-hybridized carbons (Fsp3) is 0.0500. The number of fused-ring (bicyclic) bond motifs is 1. The molecule has 0 aliphatic rings. The Balaban J connectivity index is 1.68. The van der Waals surface area contributed by atoms with Gasteiger partial charge in [0.15, 0.2) is 5.75 Å². The highest BCUT2D eigenvalue weighted by atomic mass is 16.5. The number of aromatic nitrogens is 3. The molecule has 0 aliphatic carbocycles. The van der Waals surface area contributed by atoms with E-state index in [1.807, 2.05) is 36.4 Å². The zero-order valence-electron chi connectivity index (χ0n) is 14.3. The number of para-hydroxylation sites is 1. The van der Waals surface area contributed by atoms with Crippen molar-refractivity contribution in [1.29, 1.82) is 0 Å². The molecule has 1 amide bonds. The highest BCUT2D eigenvalue weighted by Gasteiger charge is 2.15. The van der Waals surface area contributed by atoms with Crippen LogP contribution in [-0.2, 0) is 6.61 Å². The van der Waals surface area contributed by atoms with E-state index in [4.69, 9.17) is 15.2 Å². The van der Waals surface area contributed by atoms with E-state index in [-0.39, 0.29) is 5.75 Å². The number of hydrogen-bond donors (Lipinski definition) is 2. The summed E-state index contributed by atoms with van der Waals surface area (Å²) in [5, 5.41) is 0. The largest absolute Gasteiger partial charge is 0.488 e. The Morgan fingerprint density at radius 2 is 1.89 bits per heavy atom. The molecule has 27 heavy (non-hydrogen) atoms. The topological polar surface area (TPSA) is 103 Å². The summed E-state index contributed by atoms with van der Waals surface area (Å²) in [6.07, 6.45) is 2.45. The third kappa shape index (κ3) is 3.57. The van der Waals surface area contributed by atoms with E-state index in [2.05, 4.69) is 15.0 Å². The number of ether oxygens (including phenoxy) is 2. The SMILES string of the molecule is NC(=O)Oc1cccc2[nH]c(-c3cnccc3OCc3ccccc3)nc12. The summed E-state index contributed by atoms with van der Waals surface area (Å²) >= 11 is 0. The van der Waals surface area contributed by atoms with Crippen LogP contribution in [-0.4, -0.2) is 21.0 Å². The van der Waals surface area contributed by atoms with E-state index < -0.39 is 6.09 Å². The van der Waals surface area contributed by atoms with E-state index in [1.165, 1.54) is 0 Å². The number of nitrogens with two attached hydrogens (primary N) is 1. The van der Waals surface area contributed by atoms with Gasteiger partial charge < -0.3 is 20.2 Å². The molecular weight excluding hydrogens is 344 g/mol. The van der Waals surface area contributed by atoms with Gasteiger partial charge in [-0.3, -0.25) is 4.98 Å². The van der Waals surface area contributed by atoms with Crippen molar-refractivity contribution in [3.8, 4) is 22.9 Å². The molecular formula is C20H16N4O3. The maximum atomic E-state index is 11.1. The number of imidazole rings is 1. The van der Waals surface area contributed by atoms with Gasteiger partial charge in [0.1, 0.15) is 23.7 Å². The molecule has 7 heteroatoms. The van der Waals surface area contributed by atoms with Crippen LogP contribution in [0.4, 0.5) is 4.79 Å². The van der Waals surface area contributed by atoms with E-state index in [0.717, 1.165) is 5.56 Å². The van der Waals surface area contributed by atoms with Crippen molar-refractivity contribution in [3.05, 3.63) is 72.6 Å². The highest BCUT2D eigenvalue weighted by molar-refractivity contribution is 5.87. The summed E-state index contributed by atoms with van der Waals surface area (Å²) in [4.78, 5) is 23.0. The zero-order chi connectivity index (χ0) is 18.6. The number of primary amides is 1. The van der Waals surface area contributed by atoms with Crippen LogP contribution in [0.2, 0.25) is 0 Å². The fourth-order valence-corrected chi connectivity index (χ4v) is 2.74. The Labute approximate surface area is 154 Å². The monoisotopic (exact) mass is 360 g/mol. The van der Waals surface area contributed by atoms with E-state index >= 15 is 0 Å². The van der Waals surface area contributed by atoms with Crippen LogP contribution in [0.3, 0.4) is 0 Å². The van der Waals surface area contributed by atoms with E-state index in [9.17, 15) is 4.79 Å². The van der Waals surface area contributed by atoms with Crippen LogP contribution in [0.15, 0.2) is 67.0 Å². The molecule has 0 aliphatic heterocycles. The van der Waals surface area contributed by atoms with Crippen molar-refractivity contribution >= 4 is 17.1 Å². The molecule has 0 radical (unpaired) electrons. The molecule has 0 fully saturated rings. The maximum absolute atomic E-state index is 11.1. The molecule has 0 atom stereocenters. The molecule has 2 heterocycles. The smallest absolute Gasteiger partial charge is 0.410 e. The Bertz CT molecular complexity index is 1090. The van der Waals surface area contributed by atoms with Crippen molar-refractivity contribution in [2.45, 2.75) is 6.61 Å². The average molecular weight is 360 g/mol. The first kappa shape index (κ1) is 16.6. The quantitative estimate of drug-likeness (QED) is 0.565. The number of hydrogen-bond acceptors (Lipinski definition) is 5. The number of carbonyl (C=O) groups excluding carboxylic acids is 1. The molecule has 3 N–H and O–H groups in total. The highest BCUT2D eigenvalue weighted by Crippen LogP contribution is 2.32. The third-order valence-electron chi connectivity index (χ3n) is 3.96. The van der Waals surface area contributed by atoms with Crippen molar-refractivity contribution in [3.63, 3.8) is 0 Å². The van der Waals surface area contributed by atoms with Crippen LogP contribution >= 0.6 is 0 Å². The van der Waals surface area contributed by atoms with Gasteiger partial charge in [-0.25, -0.2) is 9.78 Å². The lowest BCUT2D eigenvalue weighted by Crippen LogP contribution is -2.16. The van der Waals surface area contributed by atoms with Gasteiger partial charge in [0.25, 0.3) is 0 Å². The Hall–Kier alpha value is -3.87. The van der Waals surface area contributed by atoms with Gasteiger partial charge in [-0.1, -0.05) is 36.4 Å². The second kappa shape index (κ2) is 7.17. The Morgan fingerprint density at radius 1 is 1.04 bits per heavy atom. The van der Waals surface area contributed by atoms with Gasteiger partial charge in [-0.2, -0.15) is 0 Å².